The summed E-state index contributed by atoms with van der Waals surface area (Å²) >= 11 is 0. The molecule has 2 aromatic rings. The summed E-state index contributed by atoms with van der Waals surface area (Å²) in [4.78, 5) is 11.2. The average molecular weight is 356 g/mol. The third-order valence-electron chi connectivity index (χ3n) is 3.92. The monoisotopic (exact) mass is 356 g/mol. The van der Waals surface area contributed by atoms with E-state index in [1.807, 2.05) is 0 Å². The van der Waals surface area contributed by atoms with Crippen LogP contribution in [-0.2, 0) is 4.74 Å². The van der Waals surface area contributed by atoms with E-state index in [1.165, 1.54) is 6.07 Å². The Bertz CT molecular complexity index is 829. The van der Waals surface area contributed by atoms with Gasteiger partial charge in [0.2, 0.25) is 12.0 Å². The third-order valence-corrected chi connectivity index (χ3v) is 3.92. The molecule has 1 aliphatic heterocycles. The Morgan fingerprint density at radius 2 is 1.80 bits per heavy atom. The highest BCUT2D eigenvalue weighted by Gasteiger charge is 2.45. The summed E-state index contributed by atoms with van der Waals surface area (Å²) in [6.45, 7) is -0.661. The molecule has 1 fully saturated rings. The first-order valence-corrected chi connectivity index (χ1v) is 7.29. The predicted molar refractivity (Wildman–Crippen MR) is 80.2 cm³/mol. The fraction of sp³-hybridized carbons (Fsp3) is 0.400. The van der Waals surface area contributed by atoms with Gasteiger partial charge in [0, 0.05) is 12.1 Å². The molecule has 1 aromatic heterocycles. The van der Waals surface area contributed by atoms with Gasteiger partial charge in [-0.1, -0.05) is 0 Å². The van der Waals surface area contributed by atoms with Crippen molar-refractivity contribution >= 4 is 11.0 Å². The van der Waals surface area contributed by atoms with Crippen LogP contribution in [0.5, 0.6) is 17.2 Å². The van der Waals surface area contributed by atoms with Gasteiger partial charge in [-0.25, -0.2) is 4.79 Å². The maximum atomic E-state index is 11.2. The molecule has 0 bridgehead atoms. The number of aromatic hydroxyl groups is 2. The van der Waals surface area contributed by atoms with E-state index >= 15 is 0 Å². The predicted octanol–water partition coefficient (Wildman–Crippen LogP) is -1.62. The molecule has 0 radical (unpaired) electrons. The van der Waals surface area contributed by atoms with Crippen molar-refractivity contribution in [2.24, 2.45) is 0 Å². The maximum absolute atomic E-state index is 11.2. The van der Waals surface area contributed by atoms with Crippen LogP contribution in [0.2, 0.25) is 0 Å². The van der Waals surface area contributed by atoms with Gasteiger partial charge in [0.1, 0.15) is 30.0 Å². The Morgan fingerprint density at radius 1 is 1.08 bits per heavy atom. The van der Waals surface area contributed by atoms with Crippen molar-refractivity contribution < 1.29 is 44.5 Å². The van der Waals surface area contributed by atoms with Crippen LogP contribution < -0.4 is 10.4 Å². The van der Waals surface area contributed by atoms with Gasteiger partial charge < -0.3 is 44.5 Å². The first kappa shape index (κ1) is 17.5. The Morgan fingerprint density at radius 3 is 2.48 bits per heavy atom. The second-order valence-corrected chi connectivity index (χ2v) is 5.55. The van der Waals surface area contributed by atoms with Gasteiger partial charge >= 0.3 is 5.63 Å². The summed E-state index contributed by atoms with van der Waals surface area (Å²) in [6, 6.07) is 3.32. The highest BCUT2D eigenvalue weighted by atomic mass is 16.7. The molecule has 1 aliphatic rings. The summed E-state index contributed by atoms with van der Waals surface area (Å²) in [5.41, 5.74) is -0.780. The summed E-state index contributed by atoms with van der Waals surface area (Å²) in [6.07, 6.45) is -7.79. The third kappa shape index (κ3) is 3.01. The van der Waals surface area contributed by atoms with Crippen molar-refractivity contribution in [2.75, 3.05) is 6.61 Å². The number of hydrogen-bond donors (Lipinski definition) is 6. The van der Waals surface area contributed by atoms with E-state index in [1.54, 1.807) is 0 Å². The van der Waals surface area contributed by atoms with Gasteiger partial charge in [0.15, 0.2) is 11.5 Å². The zero-order chi connectivity index (χ0) is 18.3. The number of ether oxygens (including phenoxy) is 2. The summed E-state index contributed by atoms with van der Waals surface area (Å²) in [5.74, 6) is -1.70. The van der Waals surface area contributed by atoms with Crippen LogP contribution in [0, 0.1) is 0 Å². The minimum atomic E-state index is -1.72. The molecule has 0 unspecified atom stereocenters. The fourth-order valence-electron chi connectivity index (χ4n) is 2.56. The minimum absolute atomic E-state index is 0.0528. The first-order valence-electron chi connectivity index (χ1n) is 7.29. The number of phenols is 2. The molecule has 1 saturated heterocycles. The molecule has 0 saturated carbocycles. The van der Waals surface area contributed by atoms with Crippen LogP contribution in [-0.4, -0.2) is 68.0 Å². The fourth-order valence-corrected chi connectivity index (χ4v) is 2.56. The zero-order valence-electron chi connectivity index (χ0n) is 12.6. The lowest BCUT2D eigenvalue weighted by Crippen LogP contribution is -2.60. The average Bonchev–Trinajstić information content (AvgIpc) is 2.58. The molecule has 6 N–H and O–H groups in total. The molecule has 0 amide bonds. The molecular formula is C15H16O10. The second kappa shape index (κ2) is 6.50. The Labute approximate surface area is 139 Å². The van der Waals surface area contributed by atoms with E-state index < -0.39 is 60.2 Å². The normalized spacial score (nSPS) is 29.7. The van der Waals surface area contributed by atoms with Gasteiger partial charge in [-0.15, -0.1) is 0 Å². The standard InChI is InChI=1S/C15H16O10/c16-4-8-11(20)12(21)13(22)15(24-8)25-14-6(17)3-7-5(10(14)19)1-2-9(18)23-7/h1-3,8,11-13,15-17,19-22H,4H2/t8-,11-,12+,13-,15+/m1/s1. The van der Waals surface area contributed by atoms with Crippen molar-refractivity contribution in [1.29, 1.82) is 0 Å². The number of hydrogen-bond acceptors (Lipinski definition) is 10. The molecule has 25 heavy (non-hydrogen) atoms. The Balaban J connectivity index is 1.97. The summed E-state index contributed by atoms with van der Waals surface area (Å²) in [7, 11) is 0. The molecule has 10 heteroatoms. The van der Waals surface area contributed by atoms with Crippen LogP contribution in [0.4, 0.5) is 0 Å². The molecule has 2 heterocycles. The molecule has 0 spiro atoms. The lowest BCUT2D eigenvalue weighted by Gasteiger charge is -2.39. The maximum Gasteiger partial charge on any atom is 0.336 e. The molecule has 136 valence electrons. The first-order chi connectivity index (χ1) is 11.8. The van der Waals surface area contributed by atoms with E-state index in [9.17, 15) is 30.3 Å². The molecule has 3 rings (SSSR count). The number of rotatable bonds is 3. The van der Waals surface area contributed by atoms with Crippen LogP contribution in [0.3, 0.4) is 0 Å². The Hall–Kier alpha value is -2.37. The number of phenolic OH excluding ortho intramolecular Hbond substituents is 2. The van der Waals surface area contributed by atoms with Crippen LogP contribution in [0.15, 0.2) is 27.4 Å². The van der Waals surface area contributed by atoms with Gasteiger partial charge in [0.05, 0.1) is 12.0 Å². The number of benzene rings is 1. The molecule has 10 nitrogen and oxygen atoms in total. The van der Waals surface area contributed by atoms with E-state index in [0.717, 1.165) is 12.1 Å². The molecule has 1 aromatic carbocycles. The molecule has 5 atom stereocenters. The van der Waals surface area contributed by atoms with Gasteiger partial charge in [-0.2, -0.15) is 0 Å². The van der Waals surface area contributed by atoms with Gasteiger partial charge in [-0.3, -0.25) is 0 Å². The smallest absolute Gasteiger partial charge is 0.336 e. The zero-order valence-corrected chi connectivity index (χ0v) is 12.6. The van der Waals surface area contributed by atoms with E-state index in [0.29, 0.717) is 0 Å². The van der Waals surface area contributed by atoms with E-state index in [4.69, 9.17) is 19.0 Å². The topological polar surface area (TPSA) is 170 Å². The van der Waals surface area contributed by atoms with Crippen molar-refractivity contribution in [1.82, 2.24) is 0 Å². The lowest BCUT2D eigenvalue weighted by atomic mass is 9.99. The molecular weight excluding hydrogens is 340 g/mol. The number of aliphatic hydroxyl groups excluding tert-OH is 4. The van der Waals surface area contributed by atoms with E-state index in [2.05, 4.69) is 0 Å². The van der Waals surface area contributed by atoms with Gasteiger partial charge in [0.25, 0.3) is 0 Å². The van der Waals surface area contributed by atoms with Crippen molar-refractivity contribution in [3.63, 3.8) is 0 Å². The van der Waals surface area contributed by atoms with Crippen LogP contribution >= 0.6 is 0 Å². The van der Waals surface area contributed by atoms with Crippen molar-refractivity contribution in [2.45, 2.75) is 30.7 Å². The van der Waals surface area contributed by atoms with Crippen molar-refractivity contribution in [3.05, 3.63) is 28.6 Å². The highest BCUT2D eigenvalue weighted by molar-refractivity contribution is 5.88. The van der Waals surface area contributed by atoms with Crippen LogP contribution in [0.1, 0.15) is 0 Å². The second-order valence-electron chi connectivity index (χ2n) is 5.55. The minimum Gasteiger partial charge on any atom is -0.504 e. The summed E-state index contributed by atoms with van der Waals surface area (Å²) in [5, 5.41) is 58.8. The summed E-state index contributed by atoms with van der Waals surface area (Å²) < 4.78 is 15.2. The van der Waals surface area contributed by atoms with E-state index in [-0.39, 0.29) is 11.0 Å². The van der Waals surface area contributed by atoms with Gasteiger partial charge in [-0.05, 0) is 6.07 Å². The Kier molecular flexibility index (Phi) is 4.54. The van der Waals surface area contributed by atoms with Crippen LogP contribution in [0.25, 0.3) is 11.0 Å². The quantitative estimate of drug-likeness (QED) is 0.351. The lowest BCUT2D eigenvalue weighted by molar-refractivity contribution is -0.277. The number of fused-ring (bicyclic) bond motifs is 1. The van der Waals surface area contributed by atoms with Crippen molar-refractivity contribution in [3.8, 4) is 17.2 Å². The number of aliphatic hydroxyl groups is 4. The molecule has 0 aliphatic carbocycles. The highest BCUT2D eigenvalue weighted by Crippen LogP contribution is 2.43. The largest absolute Gasteiger partial charge is 0.504 e. The SMILES string of the molecule is O=c1ccc2c(O)c(O[C@@H]3O[C@H](CO)[C@@H](O)[C@H](O)[C@H]3O)c(O)cc2o1.